The summed E-state index contributed by atoms with van der Waals surface area (Å²) >= 11 is 0. The van der Waals surface area contributed by atoms with Crippen LogP contribution < -0.4 is 11.1 Å². The van der Waals surface area contributed by atoms with Gasteiger partial charge in [0.15, 0.2) is 6.61 Å². The quantitative estimate of drug-likeness (QED) is 0.306. The summed E-state index contributed by atoms with van der Waals surface area (Å²) in [4.78, 5) is 38.5. The molecule has 1 heterocycles. The van der Waals surface area contributed by atoms with E-state index in [1.807, 2.05) is 0 Å². The fraction of sp³-hybridized carbons (Fsp3) is 0.0556. The smallest absolute Gasteiger partial charge is 0.338 e. The Morgan fingerprint density at radius 3 is 2.78 bits per heavy atom. The summed E-state index contributed by atoms with van der Waals surface area (Å²) in [5.41, 5.74) is 6.18. The van der Waals surface area contributed by atoms with Gasteiger partial charge < -0.3 is 15.8 Å². The van der Waals surface area contributed by atoms with Crippen LogP contribution in [0.25, 0.3) is 10.9 Å². The number of nitrogens with two attached hydrogens (primary N) is 1. The lowest BCUT2D eigenvalue weighted by Crippen LogP contribution is -2.21. The van der Waals surface area contributed by atoms with Crippen LogP contribution >= 0.6 is 0 Å². The monoisotopic (exact) mass is 366 g/mol. The number of benzene rings is 2. The molecule has 27 heavy (non-hydrogen) atoms. The van der Waals surface area contributed by atoms with E-state index in [9.17, 15) is 19.7 Å². The first-order valence-electron chi connectivity index (χ1n) is 7.80. The molecule has 0 atom stereocenters. The number of ether oxygens (including phenoxy) is 1. The number of amides is 1. The van der Waals surface area contributed by atoms with Gasteiger partial charge in [0.25, 0.3) is 11.6 Å². The highest BCUT2D eigenvalue weighted by Crippen LogP contribution is 2.23. The number of anilines is 2. The Labute approximate surface area is 152 Å². The van der Waals surface area contributed by atoms with Gasteiger partial charge in [-0.2, -0.15) is 0 Å². The molecule has 2 aromatic carbocycles. The number of fused-ring (bicyclic) bond motifs is 1. The molecule has 9 nitrogen and oxygen atoms in total. The summed E-state index contributed by atoms with van der Waals surface area (Å²) in [6.45, 7) is -0.548. The Bertz CT molecular complexity index is 1050. The Morgan fingerprint density at radius 1 is 1.19 bits per heavy atom. The molecule has 3 aromatic rings. The van der Waals surface area contributed by atoms with Gasteiger partial charge in [-0.25, -0.2) is 4.79 Å². The number of nitrogens with zero attached hydrogens (tertiary/aromatic N) is 2. The van der Waals surface area contributed by atoms with Crippen molar-refractivity contribution in [1.29, 1.82) is 0 Å². The maximum Gasteiger partial charge on any atom is 0.338 e. The van der Waals surface area contributed by atoms with Gasteiger partial charge in [0.2, 0.25) is 0 Å². The fourth-order valence-corrected chi connectivity index (χ4v) is 2.44. The summed E-state index contributed by atoms with van der Waals surface area (Å²) in [5.74, 6) is -1.42. The average molecular weight is 366 g/mol. The molecule has 0 saturated heterocycles. The Kier molecular flexibility index (Phi) is 4.93. The molecular formula is C18H14N4O5. The largest absolute Gasteiger partial charge is 0.452 e. The highest BCUT2D eigenvalue weighted by Gasteiger charge is 2.17. The van der Waals surface area contributed by atoms with Gasteiger partial charge in [-0.05, 0) is 36.4 Å². The second-order valence-corrected chi connectivity index (χ2v) is 5.53. The zero-order valence-electron chi connectivity index (χ0n) is 13.9. The summed E-state index contributed by atoms with van der Waals surface area (Å²) in [6.07, 6.45) is 1.64. The first-order valence-corrected chi connectivity index (χ1v) is 7.80. The third-order valence-corrected chi connectivity index (χ3v) is 3.72. The van der Waals surface area contributed by atoms with Crippen LogP contribution in [0.4, 0.5) is 17.1 Å². The molecule has 3 N–H and O–H groups in total. The molecule has 0 bridgehead atoms. The highest BCUT2D eigenvalue weighted by molar-refractivity contribution is 6.02. The van der Waals surface area contributed by atoms with Crippen molar-refractivity contribution in [3.8, 4) is 0 Å². The van der Waals surface area contributed by atoms with Crippen molar-refractivity contribution in [2.24, 2.45) is 0 Å². The number of hydrogen-bond donors (Lipinski definition) is 2. The Hall–Kier alpha value is -4.01. The first-order chi connectivity index (χ1) is 13.0. The molecule has 0 spiro atoms. The van der Waals surface area contributed by atoms with Crippen molar-refractivity contribution in [1.82, 2.24) is 4.98 Å². The molecule has 0 aliphatic heterocycles. The van der Waals surface area contributed by atoms with Gasteiger partial charge in [-0.1, -0.05) is 6.07 Å². The second-order valence-electron chi connectivity index (χ2n) is 5.53. The van der Waals surface area contributed by atoms with E-state index < -0.39 is 29.1 Å². The number of aromatic nitrogens is 1. The molecule has 1 amide bonds. The molecule has 3 rings (SSSR count). The molecule has 0 unspecified atom stereocenters. The average Bonchev–Trinajstić information content (AvgIpc) is 2.66. The standard InChI is InChI=1S/C18H14N4O5/c19-13-7-6-11(9-16(13)22(25)26)18(24)27-10-17(23)21-15-5-1-4-14-12(15)3-2-8-20-14/h1-9H,10,19H2,(H,21,23). The van der Waals surface area contributed by atoms with E-state index in [2.05, 4.69) is 10.3 Å². The van der Waals surface area contributed by atoms with Crippen LogP contribution in [0.15, 0.2) is 54.7 Å². The number of nitro benzene ring substituents is 1. The third kappa shape index (κ3) is 3.98. The molecule has 0 saturated carbocycles. The predicted molar refractivity (Wildman–Crippen MR) is 98.2 cm³/mol. The summed E-state index contributed by atoms with van der Waals surface area (Å²) in [7, 11) is 0. The zero-order chi connectivity index (χ0) is 19.4. The van der Waals surface area contributed by atoms with Crippen molar-refractivity contribution in [3.05, 3.63) is 70.4 Å². The lowest BCUT2D eigenvalue weighted by molar-refractivity contribution is -0.383. The van der Waals surface area contributed by atoms with Crippen LogP contribution in [0.2, 0.25) is 0 Å². The van der Waals surface area contributed by atoms with Crippen molar-refractivity contribution in [2.45, 2.75) is 0 Å². The first kappa shape index (κ1) is 17.8. The maximum atomic E-state index is 12.1. The van der Waals surface area contributed by atoms with Crippen molar-refractivity contribution in [2.75, 3.05) is 17.7 Å². The summed E-state index contributed by atoms with van der Waals surface area (Å²) in [5, 5.41) is 14.3. The minimum Gasteiger partial charge on any atom is -0.452 e. The predicted octanol–water partition coefficient (Wildman–Crippen LogP) is 2.52. The summed E-state index contributed by atoms with van der Waals surface area (Å²) in [6, 6.07) is 12.3. The van der Waals surface area contributed by atoms with E-state index in [1.54, 1.807) is 36.5 Å². The lowest BCUT2D eigenvalue weighted by Gasteiger charge is -2.09. The van der Waals surface area contributed by atoms with Crippen molar-refractivity contribution in [3.63, 3.8) is 0 Å². The molecule has 0 fully saturated rings. The normalized spacial score (nSPS) is 10.4. The molecular weight excluding hydrogens is 352 g/mol. The number of carbonyl (C=O) groups is 2. The molecule has 0 aliphatic rings. The molecule has 1 aromatic heterocycles. The van der Waals surface area contributed by atoms with Crippen LogP contribution in [-0.2, 0) is 9.53 Å². The van der Waals surface area contributed by atoms with Crippen molar-refractivity contribution < 1.29 is 19.2 Å². The van der Waals surface area contributed by atoms with Crippen LogP contribution in [0, 0.1) is 10.1 Å². The lowest BCUT2D eigenvalue weighted by atomic mass is 10.2. The summed E-state index contributed by atoms with van der Waals surface area (Å²) < 4.78 is 4.92. The Morgan fingerprint density at radius 2 is 2.00 bits per heavy atom. The number of esters is 1. The van der Waals surface area contributed by atoms with Crippen LogP contribution in [-0.4, -0.2) is 28.4 Å². The molecule has 136 valence electrons. The minimum atomic E-state index is -0.868. The fourth-order valence-electron chi connectivity index (χ4n) is 2.44. The van der Waals surface area contributed by atoms with Crippen LogP contribution in [0.5, 0.6) is 0 Å². The van der Waals surface area contributed by atoms with Gasteiger partial charge in [0.05, 0.1) is 21.7 Å². The van der Waals surface area contributed by atoms with Crippen LogP contribution in [0.1, 0.15) is 10.4 Å². The van der Waals surface area contributed by atoms with E-state index in [0.29, 0.717) is 11.2 Å². The number of carbonyl (C=O) groups excluding carboxylic acids is 2. The van der Waals surface area contributed by atoms with Crippen molar-refractivity contribution >= 4 is 39.8 Å². The maximum absolute atomic E-state index is 12.1. The van der Waals surface area contributed by atoms with Crippen LogP contribution in [0.3, 0.4) is 0 Å². The number of nitrogen functional groups attached to an aromatic ring is 1. The highest BCUT2D eigenvalue weighted by atomic mass is 16.6. The van der Waals surface area contributed by atoms with Gasteiger partial charge in [0.1, 0.15) is 5.69 Å². The number of rotatable bonds is 5. The van der Waals surface area contributed by atoms with E-state index in [1.165, 1.54) is 12.1 Å². The molecule has 9 heteroatoms. The minimum absolute atomic E-state index is 0.0705. The Balaban J connectivity index is 1.66. The molecule has 0 aliphatic carbocycles. The topological polar surface area (TPSA) is 137 Å². The number of nitro groups is 1. The third-order valence-electron chi connectivity index (χ3n) is 3.72. The second kappa shape index (κ2) is 7.48. The van der Waals surface area contributed by atoms with Gasteiger partial charge in [0, 0.05) is 17.6 Å². The van der Waals surface area contributed by atoms with Gasteiger partial charge >= 0.3 is 5.97 Å². The van der Waals surface area contributed by atoms with E-state index in [0.717, 1.165) is 11.5 Å². The number of pyridine rings is 1. The van der Waals surface area contributed by atoms with Gasteiger partial charge in [-0.15, -0.1) is 0 Å². The number of nitrogens with one attached hydrogen (secondary N) is 1. The van der Waals surface area contributed by atoms with E-state index in [4.69, 9.17) is 10.5 Å². The zero-order valence-corrected chi connectivity index (χ0v) is 13.9. The SMILES string of the molecule is Nc1ccc(C(=O)OCC(=O)Nc2cccc3ncccc23)cc1[N+](=O)[O-]. The van der Waals surface area contributed by atoms with E-state index >= 15 is 0 Å². The number of hydrogen-bond acceptors (Lipinski definition) is 7. The van der Waals surface area contributed by atoms with Gasteiger partial charge in [-0.3, -0.25) is 19.9 Å². The van der Waals surface area contributed by atoms with E-state index in [-0.39, 0.29) is 11.3 Å². The molecule has 0 radical (unpaired) electrons.